The summed E-state index contributed by atoms with van der Waals surface area (Å²) < 4.78 is 13.0. The Morgan fingerprint density at radius 2 is 2.24 bits per heavy atom. The Morgan fingerprint density at radius 3 is 2.76 bits per heavy atom. The van der Waals surface area contributed by atoms with Gasteiger partial charge in [-0.05, 0) is 12.1 Å². The van der Waals surface area contributed by atoms with Gasteiger partial charge in [0.1, 0.15) is 12.0 Å². The minimum Gasteiger partial charge on any atom is -0.476 e. The smallest absolute Gasteiger partial charge is 0.358 e. The first-order chi connectivity index (χ1) is 8.04. The molecule has 1 aromatic carbocycles. The predicted molar refractivity (Wildman–Crippen MR) is 60.4 cm³/mol. The lowest BCUT2D eigenvalue weighted by atomic mass is 10.3. The van der Waals surface area contributed by atoms with Crippen molar-refractivity contribution < 1.29 is 19.5 Å². The van der Waals surface area contributed by atoms with E-state index in [-0.39, 0.29) is 10.7 Å². The van der Waals surface area contributed by atoms with E-state index >= 15 is 0 Å². The number of hydrogen-bond acceptors (Lipinski definition) is 5. The predicted octanol–water partition coefficient (Wildman–Crippen LogP) is 1.79. The summed E-state index contributed by atoms with van der Waals surface area (Å²) in [7, 11) is 0. The number of carboxylic acid groups (broad SMARTS) is 1. The summed E-state index contributed by atoms with van der Waals surface area (Å²) >= 11 is 5.46. The van der Waals surface area contributed by atoms with Crippen molar-refractivity contribution in [2.75, 3.05) is 5.43 Å². The first-order valence-corrected chi connectivity index (χ1v) is 4.62. The second-order valence-electron chi connectivity index (χ2n) is 2.79. The maximum Gasteiger partial charge on any atom is 0.358 e. The molecule has 0 fully saturated rings. The molecule has 0 unspecified atom stereocenters. The number of hydrazone groups is 1. The number of anilines is 1. The normalized spacial score (nSPS) is 11.8. The molecule has 0 aliphatic heterocycles. The van der Waals surface area contributed by atoms with Gasteiger partial charge in [0, 0.05) is 6.07 Å². The van der Waals surface area contributed by atoms with Gasteiger partial charge in [-0.25, -0.2) is 9.18 Å². The third kappa shape index (κ3) is 3.72. The monoisotopic (exact) mass is 259 g/mol. The van der Waals surface area contributed by atoms with Crippen molar-refractivity contribution in [3.8, 4) is 0 Å². The van der Waals surface area contributed by atoms with Crippen molar-refractivity contribution in [1.82, 2.24) is 0 Å². The summed E-state index contributed by atoms with van der Waals surface area (Å²) in [5, 5.41) is 22.7. The average Bonchev–Trinajstić information content (AvgIpc) is 2.28. The van der Waals surface area contributed by atoms with Crippen LogP contribution in [-0.2, 0) is 4.79 Å². The summed E-state index contributed by atoms with van der Waals surface area (Å²) in [5.74, 6) is -2.07. The van der Waals surface area contributed by atoms with Crippen LogP contribution in [0.4, 0.5) is 10.1 Å². The van der Waals surface area contributed by atoms with Gasteiger partial charge in [0.25, 0.3) is 0 Å². The Bertz CT molecular complexity index is 490. The van der Waals surface area contributed by atoms with Crippen LogP contribution in [-0.4, -0.2) is 28.2 Å². The highest BCUT2D eigenvalue weighted by molar-refractivity contribution is 6.58. The van der Waals surface area contributed by atoms with Crippen LogP contribution in [0.25, 0.3) is 0 Å². The maximum absolute atomic E-state index is 13.0. The number of hydrogen-bond donors (Lipinski definition) is 3. The SMILES string of the molecule is O=C(O)C(/C=N/O)=N/Nc1ccc(Cl)c(F)c1. The minimum atomic E-state index is -1.40. The van der Waals surface area contributed by atoms with Gasteiger partial charge >= 0.3 is 5.97 Å². The van der Waals surface area contributed by atoms with Gasteiger partial charge in [0.15, 0.2) is 5.71 Å². The molecule has 0 saturated carbocycles. The fourth-order valence-corrected chi connectivity index (χ4v) is 0.995. The lowest BCUT2D eigenvalue weighted by Crippen LogP contribution is -2.16. The second kappa shape index (κ2) is 5.80. The second-order valence-corrected chi connectivity index (χ2v) is 3.19. The number of nitrogens with zero attached hydrogens (tertiary/aromatic N) is 2. The van der Waals surface area contributed by atoms with Gasteiger partial charge in [-0.1, -0.05) is 16.8 Å². The number of oxime groups is 1. The summed E-state index contributed by atoms with van der Waals surface area (Å²) in [6.45, 7) is 0. The number of carboxylic acids is 1. The fourth-order valence-electron chi connectivity index (χ4n) is 0.877. The van der Waals surface area contributed by atoms with Crippen LogP contribution in [0.3, 0.4) is 0 Å². The van der Waals surface area contributed by atoms with Gasteiger partial charge in [-0.15, -0.1) is 0 Å². The van der Waals surface area contributed by atoms with Crippen molar-refractivity contribution in [3.63, 3.8) is 0 Å². The standard InChI is InChI=1S/C9H7ClFN3O3/c10-6-2-1-5(3-7(6)11)13-14-8(4-12-17)9(15)16/h1-4,13,17H,(H,15,16)/b12-4+,14-8+. The Kier molecular flexibility index (Phi) is 4.41. The molecule has 0 saturated heterocycles. The molecule has 0 atom stereocenters. The van der Waals surface area contributed by atoms with E-state index in [9.17, 15) is 9.18 Å². The van der Waals surface area contributed by atoms with Crippen molar-refractivity contribution in [2.24, 2.45) is 10.3 Å². The number of nitrogens with one attached hydrogen (secondary N) is 1. The number of benzene rings is 1. The topological polar surface area (TPSA) is 94.3 Å². The van der Waals surface area contributed by atoms with Gasteiger partial charge in [-0.2, -0.15) is 5.10 Å². The van der Waals surface area contributed by atoms with E-state index in [0.29, 0.717) is 6.21 Å². The molecule has 0 spiro atoms. The average molecular weight is 260 g/mol. The molecule has 0 aromatic heterocycles. The highest BCUT2D eigenvalue weighted by Crippen LogP contribution is 2.18. The van der Waals surface area contributed by atoms with Crippen LogP contribution >= 0.6 is 11.6 Å². The highest BCUT2D eigenvalue weighted by Gasteiger charge is 2.07. The first kappa shape index (κ1) is 12.9. The van der Waals surface area contributed by atoms with Gasteiger partial charge in [0.05, 0.1) is 10.7 Å². The molecule has 90 valence electrons. The summed E-state index contributed by atoms with van der Waals surface area (Å²) in [5.41, 5.74) is 1.95. The molecular formula is C9H7ClFN3O3. The van der Waals surface area contributed by atoms with E-state index in [2.05, 4.69) is 15.7 Å². The molecular weight excluding hydrogens is 253 g/mol. The van der Waals surface area contributed by atoms with E-state index in [1.54, 1.807) is 0 Å². The van der Waals surface area contributed by atoms with Gasteiger partial charge < -0.3 is 10.3 Å². The van der Waals surface area contributed by atoms with E-state index < -0.39 is 17.5 Å². The van der Waals surface area contributed by atoms with Crippen LogP contribution in [0.5, 0.6) is 0 Å². The van der Waals surface area contributed by atoms with Crippen molar-refractivity contribution in [3.05, 3.63) is 29.0 Å². The van der Waals surface area contributed by atoms with Gasteiger partial charge in [-0.3, -0.25) is 5.43 Å². The fraction of sp³-hybridized carbons (Fsp3) is 0. The molecule has 1 aromatic rings. The van der Waals surface area contributed by atoms with Crippen LogP contribution in [0.2, 0.25) is 5.02 Å². The molecule has 0 bridgehead atoms. The number of rotatable bonds is 4. The molecule has 3 N–H and O–H groups in total. The first-order valence-electron chi connectivity index (χ1n) is 4.24. The number of carbonyl (C=O) groups is 1. The summed E-state index contributed by atoms with van der Waals surface area (Å²) in [6.07, 6.45) is 0.627. The van der Waals surface area contributed by atoms with E-state index in [1.807, 2.05) is 0 Å². The van der Waals surface area contributed by atoms with Crippen LogP contribution in [0.1, 0.15) is 0 Å². The summed E-state index contributed by atoms with van der Waals surface area (Å²) in [4.78, 5) is 10.6. The van der Waals surface area contributed by atoms with Crippen molar-refractivity contribution in [2.45, 2.75) is 0 Å². The Morgan fingerprint density at radius 1 is 1.53 bits per heavy atom. The lowest BCUT2D eigenvalue weighted by molar-refractivity contribution is -0.129. The number of aliphatic carboxylic acids is 1. The molecule has 0 amide bonds. The Hall–Kier alpha value is -2.15. The van der Waals surface area contributed by atoms with E-state index in [0.717, 1.165) is 6.07 Å². The van der Waals surface area contributed by atoms with Crippen LogP contribution < -0.4 is 5.43 Å². The third-order valence-corrected chi connectivity index (χ3v) is 1.93. The van der Waals surface area contributed by atoms with E-state index in [4.69, 9.17) is 21.9 Å². The molecule has 0 heterocycles. The van der Waals surface area contributed by atoms with Crippen LogP contribution in [0, 0.1) is 5.82 Å². The van der Waals surface area contributed by atoms with E-state index in [1.165, 1.54) is 12.1 Å². The van der Waals surface area contributed by atoms with Crippen molar-refractivity contribution in [1.29, 1.82) is 0 Å². The molecule has 8 heteroatoms. The van der Waals surface area contributed by atoms with Crippen LogP contribution in [0.15, 0.2) is 28.5 Å². The molecule has 0 aliphatic rings. The molecule has 0 radical (unpaired) electrons. The number of halogens is 2. The molecule has 1 rings (SSSR count). The molecule has 17 heavy (non-hydrogen) atoms. The lowest BCUT2D eigenvalue weighted by Gasteiger charge is -2.01. The Balaban J connectivity index is 2.87. The molecule has 0 aliphatic carbocycles. The largest absolute Gasteiger partial charge is 0.476 e. The Labute approximate surface area is 100 Å². The summed E-state index contributed by atoms with van der Waals surface area (Å²) in [6, 6.07) is 3.74. The quantitative estimate of drug-likeness (QED) is 0.436. The van der Waals surface area contributed by atoms with Crippen molar-refractivity contribution >= 4 is 35.2 Å². The third-order valence-electron chi connectivity index (χ3n) is 1.62. The zero-order valence-electron chi connectivity index (χ0n) is 8.26. The highest BCUT2D eigenvalue weighted by atomic mass is 35.5. The zero-order chi connectivity index (χ0) is 12.8. The molecule has 6 nitrogen and oxygen atoms in total. The van der Waals surface area contributed by atoms with Gasteiger partial charge in [0.2, 0.25) is 0 Å². The minimum absolute atomic E-state index is 0.0603. The maximum atomic E-state index is 13.0. The zero-order valence-corrected chi connectivity index (χ0v) is 9.02.